The topological polar surface area (TPSA) is 41.6 Å². The largest absolute Gasteiger partial charge is 0.468 e. The van der Waals surface area contributed by atoms with E-state index in [0.717, 1.165) is 38.8 Å². The summed E-state index contributed by atoms with van der Waals surface area (Å²) in [4.78, 5) is 15.0. The molecule has 1 saturated heterocycles. The number of hydrogen-bond acceptors (Lipinski definition) is 4. The molecule has 1 N–H and O–H groups in total. The number of likely N-dealkylation sites (N-methyl/N-ethyl adjacent to an activating group) is 1. The van der Waals surface area contributed by atoms with Gasteiger partial charge in [0.05, 0.1) is 7.11 Å². The Morgan fingerprint density at radius 3 is 2.81 bits per heavy atom. The number of hydrogen-bond donors (Lipinski definition) is 1. The van der Waals surface area contributed by atoms with Crippen molar-refractivity contribution in [2.75, 3.05) is 26.7 Å². The second kappa shape index (κ2) is 7.59. The van der Waals surface area contributed by atoms with Crippen molar-refractivity contribution in [1.82, 2.24) is 10.2 Å². The van der Waals surface area contributed by atoms with Crippen LogP contribution in [0, 0.1) is 5.92 Å². The van der Waals surface area contributed by atoms with Crippen molar-refractivity contribution in [3.63, 3.8) is 0 Å². The monoisotopic (exact) mass is 296 g/mol. The number of carbonyl (C=O) groups is 1. The SMILES string of the molecule is CCNC1(C(=O)OC)CCCC1CCN1CCCCC1C. The molecule has 1 heterocycles. The minimum Gasteiger partial charge on any atom is -0.468 e. The molecular formula is C17H32N2O2. The lowest BCUT2D eigenvalue weighted by Gasteiger charge is -2.37. The van der Waals surface area contributed by atoms with Gasteiger partial charge < -0.3 is 15.0 Å². The van der Waals surface area contributed by atoms with E-state index in [9.17, 15) is 4.79 Å². The van der Waals surface area contributed by atoms with Gasteiger partial charge in [-0.05, 0) is 64.6 Å². The van der Waals surface area contributed by atoms with Crippen LogP contribution in [0.15, 0.2) is 0 Å². The molecule has 0 aromatic carbocycles. The molecular weight excluding hydrogens is 264 g/mol. The van der Waals surface area contributed by atoms with Gasteiger partial charge in [-0.3, -0.25) is 4.79 Å². The zero-order chi connectivity index (χ0) is 15.3. The van der Waals surface area contributed by atoms with Gasteiger partial charge in [-0.1, -0.05) is 19.8 Å². The van der Waals surface area contributed by atoms with E-state index < -0.39 is 5.54 Å². The van der Waals surface area contributed by atoms with E-state index in [1.807, 2.05) is 0 Å². The van der Waals surface area contributed by atoms with Gasteiger partial charge in [0.2, 0.25) is 0 Å². The van der Waals surface area contributed by atoms with Crippen molar-refractivity contribution >= 4 is 5.97 Å². The number of methoxy groups -OCH3 is 1. The minimum absolute atomic E-state index is 0.0569. The fourth-order valence-electron chi connectivity index (χ4n) is 4.35. The summed E-state index contributed by atoms with van der Waals surface area (Å²) in [5.41, 5.74) is -0.428. The number of nitrogens with one attached hydrogen (secondary N) is 1. The lowest BCUT2D eigenvalue weighted by Crippen LogP contribution is -2.56. The molecule has 0 spiro atoms. The summed E-state index contributed by atoms with van der Waals surface area (Å²) in [6.07, 6.45) is 8.31. The molecule has 0 aromatic heterocycles. The normalized spacial score (nSPS) is 34.0. The number of rotatable bonds is 6. The van der Waals surface area contributed by atoms with Crippen LogP contribution in [-0.2, 0) is 9.53 Å². The first-order chi connectivity index (χ1) is 10.1. The van der Waals surface area contributed by atoms with Crippen molar-refractivity contribution in [3.05, 3.63) is 0 Å². The van der Waals surface area contributed by atoms with E-state index >= 15 is 0 Å². The number of ether oxygens (including phenoxy) is 1. The molecule has 1 saturated carbocycles. The fraction of sp³-hybridized carbons (Fsp3) is 0.941. The van der Waals surface area contributed by atoms with Gasteiger partial charge in [-0.15, -0.1) is 0 Å². The lowest BCUT2D eigenvalue weighted by atomic mass is 9.84. The van der Waals surface area contributed by atoms with Crippen LogP contribution in [0.3, 0.4) is 0 Å². The highest BCUT2D eigenvalue weighted by molar-refractivity contribution is 5.81. The second-order valence-corrected chi connectivity index (χ2v) is 6.75. The molecule has 3 atom stereocenters. The van der Waals surface area contributed by atoms with Gasteiger partial charge in [-0.25, -0.2) is 0 Å². The standard InChI is InChI=1S/C17H32N2O2/c1-4-18-17(16(20)21-3)11-7-9-15(17)10-13-19-12-6-5-8-14(19)2/h14-15,18H,4-13H2,1-3H3. The van der Waals surface area contributed by atoms with Crippen LogP contribution >= 0.6 is 0 Å². The van der Waals surface area contributed by atoms with Crippen LogP contribution in [0.5, 0.6) is 0 Å². The predicted molar refractivity (Wildman–Crippen MR) is 85.3 cm³/mol. The summed E-state index contributed by atoms with van der Waals surface area (Å²) in [5.74, 6) is 0.359. The Kier molecular flexibility index (Phi) is 6.06. The Labute approximate surface area is 129 Å². The van der Waals surface area contributed by atoms with Gasteiger partial charge in [0.15, 0.2) is 0 Å². The first-order valence-corrected chi connectivity index (χ1v) is 8.71. The average Bonchev–Trinajstić information content (AvgIpc) is 2.90. The molecule has 2 rings (SSSR count). The predicted octanol–water partition coefficient (Wildman–Crippen LogP) is 2.57. The third-order valence-electron chi connectivity index (χ3n) is 5.57. The molecule has 1 aliphatic heterocycles. The highest BCUT2D eigenvalue weighted by Gasteiger charge is 2.49. The number of nitrogens with zero attached hydrogens (tertiary/aromatic N) is 1. The third-order valence-corrected chi connectivity index (χ3v) is 5.57. The summed E-state index contributed by atoms with van der Waals surface area (Å²) in [6.45, 7) is 7.58. The van der Waals surface area contributed by atoms with Gasteiger partial charge in [0, 0.05) is 6.04 Å². The van der Waals surface area contributed by atoms with Gasteiger partial charge in [0.25, 0.3) is 0 Å². The maximum absolute atomic E-state index is 12.4. The molecule has 2 aliphatic rings. The second-order valence-electron chi connectivity index (χ2n) is 6.75. The van der Waals surface area contributed by atoms with E-state index in [-0.39, 0.29) is 5.97 Å². The van der Waals surface area contributed by atoms with Crippen LogP contribution in [0.2, 0.25) is 0 Å². The Hall–Kier alpha value is -0.610. The first kappa shape index (κ1) is 16.8. The number of likely N-dealkylation sites (tertiary alicyclic amines) is 1. The molecule has 122 valence electrons. The van der Waals surface area contributed by atoms with Crippen molar-refractivity contribution in [2.45, 2.75) is 70.4 Å². The van der Waals surface area contributed by atoms with Crippen molar-refractivity contribution < 1.29 is 9.53 Å². The lowest BCUT2D eigenvalue weighted by molar-refractivity contribution is -0.150. The fourth-order valence-corrected chi connectivity index (χ4v) is 4.35. The summed E-state index contributed by atoms with van der Waals surface area (Å²) < 4.78 is 5.12. The highest BCUT2D eigenvalue weighted by Crippen LogP contribution is 2.39. The quantitative estimate of drug-likeness (QED) is 0.765. The highest BCUT2D eigenvalue weighted by atomic mass is 16.5. The first-order valence-electron chi connectivity index (χ1n) is 8.71. The third kappa shape index (κ3) is 3.59. The van der Waals surface area contributed by atoms with E-state index in [0.29, 0.717) is 12.0 Å². The average molecular weight is 296 g/mol. The van der Waals surface area contributed by atoms with Crippen molar-refractivity contribution in [3.8, 4) is 0 Å². The molecule has 4 nitrogen and oxygen atoms in total. The zero-order valence-electron chi connectivity index (χ0n) is 14.0. The summed E-state index contributed by atoms with van der Waals surface area (Å²) >= 11 is 0. The van der Waals surface area contributed by atoms with E-state index in [1.165, 1.54) is 32.9 Å². The molecule has 3 unspecified atom stereocenters. The maximum Gasteiger partial charge on any atom is 0.326 e. The number of esters is 1. The molecule has 2 fully saturated rings. The smallest absolute Gasteiger partial charge is 0.326 e. The number of carbonyl (C=O) groups excluding carboxylic acids is 1. The van der Waals surface area contributed by atoms with E-state index in [2.05, 4.69) is 24.1 Å². The Bertz CT molecular complexity index is 348. The van der Waals surface area contributed by atoms with Crippen molar-refractivity contribution in [1.29, 1.82) is 0 Å². The van der Waals surface area contributed by atoms with Gasteiger partial charge in [0.1, 0.15) is 5.54 Å². The number of piperidine rings is 1. The van der Waals surface area contributed by atoms with E-state index in [1.54, 1.807) is 0 Å². The van der Waals surface area contributed by atoms with Gasteiger partial charge in [-0.2, -0.15) is 0 Å². The summed E-state index contributed by atoms with van der Waals surface area (Å²) in [5, 5.41) is 3.46. The van der Waals surface area contributed by atoms with Crippen molar-refractivity contribution in [2.24, 2.45) is 5.92 Å². The molecule has 4 heteroatoms. The van der Waals surface area contributed by atoms with Crippen LogP contribution < -0.4 is 5.32 Å². The van der Waals surface area contributed by atoms with Crippen LogP contribution in [0.25, 0.3) is 0 Å². The molecule has 21 heavy (non-hydrogen) atoms. The maximum atomic E-state index is 12.4. The summed E-state index contributed by atoms with van der Waals surface area (Å²) in [7, 11) is 1.52. The molecule has 0 aromatic rings. The van der Waals surface area contributed by atoms with Crippen LogP contribution in [0.1, 0.15) is 58.8 Å². The van der Waals surface area contributed by atoms with Crippen LogP contribution in [0.4, 0.5) is 0 Å². The Balaban J connectivity index is 1.98. The van der Waals surface area contributed by atoms with Crippen LogP contribution in [-0.4, -0.2) is 49.2 Å². The van der Waals surface area contributed by atoms with E-state index in [4.69, 9.17) is 4.74 Å². The molecule has 0 amide bonds. The molecule has 0 radical (unpaired) electrons. The summed E-state index contributed by atoms with van der Waals surface area (Å²) in [6, 6.07) is 0.701. The Morgan fingerprint density at radius 2 is 2.14 bits per heavy atom. The molecule has 0 bridgehead atoms. The van der Waals surface area contributed by atoms with Gasteiger partial charge >= 0.3 is 5.97 Å². The Morgan fingerprint density at radius 1 is 1.33 bits per heavy atom. The molecule has 1 aliphatic carbocycles. The zero-order valence-corrected chi connectivity index (χ0v) is 14.0. The minimum atomic E-state index is -0.428.